The highest BCUT2D eigenvalue weighted by molar-refractivity contribution is 5.60. The molecule has 0 saturated heterocycles. The number of hydrogen-bond acceptors (Lipinski definition) is 4. The van der Waals surface area contributed by atoms with Crippen molar-refractivity contribution in [3.05, 3.63) is 29.3 Å². The highest BCUT2D eigenvalue weighted by Crippen LogP contribution is 2.19. The van der Waals surface area contributed by atoms with Crippen LogP contribution in [-0.2, 0) is 6.54 Å². The quantitative estimate of drug-likeness (QED) is 0.748. The molecule has 0 aromatic heterocycles. The van der Waals surface area contributed by atoms with Crippen molar-refractivity contribution in [2.24, 2.45) is 5.73 Å². The Morgan fingerprint density at radius 3 is 2.80 bits per heavy atom. The lowest BCUT2D eigenvalue weighted by molar-refractivity contribution is 0.304. The van der Waals surface area contributed by atoms with Crippen LogP contribution in [0.5, 0.6) is 0 Å². The van der Waals surface area contributed by atoms with Crippen LogP contribution >= 0.6 is 0 Å². The Labute approximate surface area is 89.5 Å². The third-order valence-corrected chi connectivity index (χ3v) is 2.26. The number of rotatable bonds is 4. The number of nitrogens with two attached hydrogens (primary N) is 1. The summed E-state index contributed by atoms with van der Waals surface area (Å²) in [6.07, 6.45) is 0. The molecule has 4 heteroatoms. The number of hydrogen-bond donors (Lipinski definition) is 2. The van der Waals surface area contributed by atoms with Crippen LogP contribution in [0.15, 0.2) is 18.2 Å². The van der Waals surface area contributed by atoms with Gasteiger partial charge in [0.25, 0.3) is 0 Å². The average Bonchev–Trinajstić information content (AvgIpc) is 2.28. The maximum Gasteiger partial charge on any atom is 0.101 e. The van der Waals surface area contributed by atoms with Gasteiger partial charge in [0, 0.05) is 20.1 Å². The number of anilines is 1. The number of nitrogens with zero attached hydrogens (tertiary/aromatic N) is 2. The second-order valence-corrected chi connectivity index (χ2v) is 3.31. The molecule has 0 radical (unpaired) electrons. The van der Waals surface area contributed by atoms with E-state index in [-0.39, 0.29) is 6.61 Å². The summed E-state index contributed by atoms with van der Waals surface area (Å²) in [5.74, 6) is 0. The van der Waals surface area contributed by atoms with Crippen LogP contribution in [0.1, 0.15) is 11.1 Å². The summed E-state index contributed by atoms with van der Waals surface area (Å²) in [5.41, 5.74) is 7.85. The van der Waals surface area contributed by atoms with Crippen LogP contribution in [0.3, 0.4) is 0 Å². The molecule has 0 fully saturated rings. The summed E-state index contributed by atoms with van der Waals surface area (Å²) in [6.45, 7) is 1.01. The highest BCUT2D eigenvalue weighted by atomic mass is 16.3. The van der Waals surface area contributed by atoms with Gasteiger partial charge in [0.1, 0.15) is 6.07 Å². The largest absolute Gasteiger partial charge is 0.395 e. The van der Waals surface area contributed by atoms with Crippen LogP contribution in [0, 0.1) is 11.3 Å². The number of nitriles is 1. The molecular formula is C11H15N3O. The van der Waals surface area contributed by atoms with E-state index in [2.05, 4.69) is 6.07 Å². The van der Waals surface area contributed by atoms with Gasteiger partial charge in [0.2, 0.25) is 0 Å². The maximum absolute atomic E-state index is 8.98. The first kappa shape index (κ1) is 11.5. The van der Waals surface area contributed by atoms with E-state index in [9.17, 15) is 0 Å². The zero-order valence-corrected chi connectivity index (χ0v) is 8.77. The second-order valence-electron chi connectivity index (χ2n) is 3.31. The standard InChI is InChI=1S/C11H15N3O/c1-14(4-5-15)11-3-2-9(7-12)6-10(11)8-13/h2-3,6,15H,4-5,7,12H2,1H3. The summed E-state index contributed by atoms with van der Waals surface area (Å²) < 4.78 is 0. The van der Waals surface area contributed by atoms with Crippen molar-refractivity contribution in [3.63, 3.8) is 0 Å². The van der Waals surface area contributed by atoms with Crippen molar-refractivity contribution in [2.75, 3.05) is 25.1 Å². The van der Waals surface area contributed by atoms with Crippen LogP contribution in [-0.4, -0.2) is 25.3 Å². The Morgan fingerprint density at radius 1 is 1.53 bits per heavy atom. The average molecular weight is 205 g/mol. The zero-order valence-electron chi connectivity index (χ0n) is 8.77. The first-order valence-corrected chi connectivity index (χ1v) is 4.78. The van der Waals surface area contributed by atoms with E-state index in [0.717, 1.165) is 11.3 Å². The van der Waals surface area contributed by atoms with Crippen LogP contribution in [0.4, 0.5) is 5.69 Å². The molecule has 3 N–H and O–H groups in total. The molecule has 0 amide bonds. The minimum absolute atomic E-state index is 0.0695. The molecule has 0 aliphatic rings. The van der Waals surface area contributed by atoms with E-state index in [4.69, 9.17) is 16.1 Å². The van der Waals surface area contributed by atoms with Gasteiger partial charge in [0.05, 0.1) is 17.9 Å². The summed E-state index contributed by atoms with van der Waals surface area (Å²) in [7, 11) is 1.84. The SMILES string of the molecule is CN(CCO)c1ccc(CN)cc1C#N. The van der Waals surface area contributed by atoms with E-state index in [0.29, 0.717) is 18.7 Å². The Kier molecular flexibility index (Phi) is 4.10. The van der Waals surface area contributed by atoms with Gasteiger partial charge in [-0.25, -0.2) is 0 Å². The Hall–Kier alpha value is -1.57. The van der Waals surface area contributed by atoms with Crippen molar-refractivity contribution in [2.45, 2.75) is 6.54 Å². The van der Waals surface area contributed by atoms with Gasteiger partial charge >= 0.3 is 0 Å². The van der Waals surface area contributed by atoms with E-state index in [1.54, 1.807) is 6.07 Å². The first-order chi connectivity index (χ1) is 7.22. The van der Waals surface area contributed by atoms with Gasteiger partial charge in [-0.05, 0) is 17.7 Å². The fourth-order valence-corrected chi connectivity index (χ4v) is 1.40. The Bertz CT molecular complexity index is 371. The van der Waals surface area contributed by atoms with E-state index >= 15 is 0 Å². The monoisotopic (exact) mass is 205 g/mol. The first-order valence-electron chi connectivity index (χ1n) is 4.78. The Morgan fingerprint density at radius 2 is 2.27 bits per heavy atom. The molecule has 0 spiro atoms. The van der Waals surface area contributed by atoms with Crippen LogP contribution in [0.2, 0.25) is 0 Å². The lowest BCUT2D eigenvalue weighted by atomic mass is 10.1. The van der Waals surface area contributed by atoms with E-state index in [1.165, 1.54) is 0 Å². The summed E-state index contributed by atoms with van der Waals surface area (Å²) >= 11 is 0. The molecule has 0 bridgehead atoms. The minimum atomic E-state index is 0.0695. The van der Waals surface area contributed by atoms with Crippen LogP contribution in [0.25, 0.3) is 0 Å². The molecular weight excluding hydrogens is 190 g/mol. The lowest BCUT2D eigenvalue weighted by Crippen LogP contribution is -2.22. The molecule has 0 heterocycles. The fourth-order valence-electron chi connectivity index (χ4n) is 1.40. The topological polar surface area (TPSA) is 73.3 Å². The smallest absolute Gasteiger partial charge is 0.101 e. The highest BCUT2D eigenvalue weighted by Gasteiger charge is 2.07. The zero-order chi connectivity index (χ0) is 11.3. The second kappa shape index (κ2) is 5.35. The van der Waals surface area contributed by atoms with Crippen molar-refractivity contribution in [1.82, 2.24) is 0 Å². The molecule has 1 aromatic carbocycles. The van der Waals surface area contributed by atoms with Gasteiger partial charge in [-0.15, -0.1) is 0 Å². The summed E-state index contributed by atoms with van der Waals surface area (Å²) in [5, 5.41) is 17.8. The summed E-state index contributed by atoms with van der Waals surface area (Å²) in [4.78, 5) is 1.85. The number of benzene rings is 1. The number of aliphatic hydroxyl groups excluding tert-OH is 1. The molecule has 4 nitrogen and oxygen atoms in total. The Balaban J connectivity index is 3.03. The van der Waals surface area contributed by atoms with Crippen molar-refractivity contribution >= 4 is 5.69 Å². The number of aliphatic hydroxyl groups is 1. The van der Waals surface area contributed by atoms with Gasteiger partial charge in [-0.1, -0.05) is 6.07 Å². The molecule has 80 valence electrons. The molecule has 0 unspecified atom stereocenters. The van der Waals surface area contributed by atoms with Crippen molar-refractivity contribution in [1.29, 1.82) is 5.26 Å². The molecule has 0 saturated carbocycles. The minimum Gasteiger partial charge on any atom is -0.395 e. The fraction of sp³-hybridized carbons (Fsp3) is 0.364. The summed E-state index contributed by atoms with van der Waals surface area (Å²) in [6, 6.07) is 7.66. The van der Waals surface area contributed by atoms with Crippen LogP contribution < -0.4 is 10.6 Å². The predicted molar refractivity (Wildman–Crippen MR) is 59.4 cm³/mol. The molecule has 1 aromatic rings. The van der Waals surface area contributed by atoms with Gasteiger partial charge in [-0.3, -0.25) is 0 Å². The van der Waals surface area contributed by atoms with Gasteiger partial charge in [0.15, 0.2) is 0 Å². The van der Waals surface area contributed by atoms with Gasteiger partial charge < -0.3 is 15.7 Å². The third kappa shape index (κ3) is 2.69. The molecule has 0 atom stereocenters. The van der Waals surface area contributed by atoms with E-state index < -0.39 is 0 Å². The normalized spacial score (nSPS) is 9.73. The lowest BCUT2D eigenvalue weighted by Gasteiger charge is -2.19. The van der Waals surface area contributed by atoms with E-state index in [1.807, 2.05) is 24.1 Å². The molecule has 0 aliphatic heterocycles. The predicted octanol–water partition coefficient (Wildman–Crippen LogP) is 0.445. The maximum atomic E-state index is 8.98. The molecule has 1 rings (SSSR count). The number of likely N-dealkylation sites (N-methyl/N-ethyl adjacent to an activating group) is 1. The van der Waals surface area contributed by atoms with Crippen molar-refractivity contribution in [3.8, 4) is 6.07 Å². The molecule has 15 heavy (non-hydrogen) atoms. The third-order valence-electron chi connectivity index (χ3n) is 2.26. The van der Waals surface area contributed by atoms with Crippen molar-refractivity contribution < 1.29 is 5.11 Å². The van der Waals surface area contributed by atoms with Gasteiger partial charge in [-0.2, -0.15) is 5.26 Å². The molecule has 0 aliphatic carbocycles.